The van der Waals surface area contributed by atoms with Crippen LogP contribution in [-0.4, -0.2) is 27.1 Å². The van der Waals surface area contributed by atoms with Crippen LogP contribution in [0.1, 0.15) is 12.0 Å². The van der Waals surface area contributed by atoms with Crippen LogP contribution in [0.2, 0.25) is 5.02 Å². The van der Waals surface area contributed by atoms with Crippen molar-refractivity contribution in [3.8, 4) is 0 Å². The van der Waals surface area contributed by atoms with Gasteiger partial charge in [0.1, 0.15) is 11.1 Å². The first-order chi connectivity index (χ1) is 15.5. The van der Waals surface area contributed by atoms with E-state index in [4.69, 9.17) is 11.6 Å². The Morgan fingerprint density at radius 1 is 1.03 bits per heavy atom. The van der Waals surface area contributed by atoms with E-state index in [2.05, 4.69) is 10.3 Å². The first-order valence-corrected chi connectivity index (χ1v) is 11.2. The van der Waals surface area contributed by atoms with Crippen LogP contribution >= 0.6 is 23.4 Å². The molecule has 0 saturated carbocycles. The second-order valence-corrected chi connectivity index (χ2v) is 8.69. The number of nitrogens with zero attached hydrogens (tertiary/aromatic N) is 2. The van der Waals surface area contributed by atoms with Crippen molar-refractivity contribution >= 4 is 51.7 Å². The third-order valence-electron chi connectivity index (χ3n) is 4.79. The zero-order valence-corrected chi connectivity index (χ0v) is 18.4. The zero-order chi connectivity index (χ0) is 22.5. The van der Waals surface area contributed by atoms with Crippen LogP contribution in [0.25, 0.3) is 0 Å². The fraction of sp³-hybridized carbons (Fsp3) is 0.125. The minimum absolute atomic E-state index is 0.0340. The number of aliphatic imine (C=N–C) groups is 1. The van der Waals surface area contributed by atoms with Gasteiger partial charge in [0.15, 0.2) is 5.17 Å². The van der Waals surface area contributed by atoms with Crippen LogP contribution in [0.5, 0.6) is 0 Å². The number of carbonyl (C=O) groups excluding carboxylic acids is 2. The Labute approximate surface area is 194 Å². The van der Waals surface area contributed by atoms with Crippen LogP contribution < -0.4 is 5.32 Å². The molecule has 0 radical (unpaired) electrons. The van der Waals surface area contributed by atoms with Crippen molar-refractivity contribution in [3.05, 3.63) is 95.3 Å². The average Bonchev–Trinajstić information content (AvgIpc) is 3.06. The maximum absolute atomic E-state index is 13.2. The first-order valence-electron chi connectivity index (χ1n) is 9.90. The standard InChI is InChI=1S/C24H19ClFN3O2S/c25-20-9-5-4-6-16(20)15-29-23(31)21(32-24(29)28-18-7-2-1-3-8-18)14-22(30)27-19-12-10-17(26)11-13-19/h1-13,21H,14-15H2,(H,27,30)/t21-/m1/s1. The fourth-order valence-corrected chi connectivity index (χ4v) is 4.55. The predicted octanol–water partition coefficient (Wildman–Crippen LogP) is 5.64. The number of hydrogen-bond acceptors (Lipinski definition) is 4. The lowest BCUT2D eigenvalue weighted by atomic mass is 10.2. The van der Waals surface area contributed by atoms with Crippen molar-refractivity contribution in [1.82, 2.24) is 4.90 Å². The molecule has 162 valence electrons. The van der Waals surface area contributed by atoms with Gasteiger partial charge in [0.25, 0.3) is 0 Å². The number of rotatable bonds is 6. The lowest BCUT2D eigenvalue weighted by Gasteiger charge is -2.17. The van der Waals surface area contributed by atoms with Gasteiger partial charge in [-0.2, -0.15) is 0 Å². The van der Waals surface area contributed by atoms with Crippen LogP contribution in [0.3, 0.4) is 0 Å². The van der Waals surface area contributed by atoms with Crippen molar-refractivity contribution in [2.24, 2.45) is 4.99 Å². The molecule has 1 aliphatic heterocycles. The van der Waals surface area contributed by atoms with E-state index in [0.29, 0.717) is 21.6 Å². The van der Waals surface area contributed by atoms with E-state index in [1.807, 2.05) is 48.5 Å². The van der Waals surface area contributed by atoms with Crippen molar-refractivity contribution in [1.29, 1.82) is 0 Å². The number of anilines is 1. The molecule has 0 spiro atoms. The maximum Gasteiger partial charge on any atom is 0.242 e. The zero-order valence-electron chi connectivity index (χ0n) is 16.9. The number of thioether (sulfide) groups is 1. The van der Waals surface area contributed by atoms with Gasteiger partial charge in [-0.25, -0.2) is 9.38 Å². The smallest absolute Gasteiger partial charge is 0.242 e. The number of halogens is 2. The summed E-state index contributed by atoms with van der Waals surface area (Å²) < 4.78 is 13.1. The average molecular weight is 468 g/mol. The number of para-hydroxylation sites is 1. The molecule has 1 atom stereocenters. The van der Waals surface area contributed by atoms with Gasteiger partial charge in [-0.3, -0.25) is 14.5 Å². The Balaban J connectivity index is 1.54. The molecule has 1 N–H and O–H groups in total. The first kappa shape index (κ1) is 22.0. The van der Waals surface area contributed by atoms with E-state index < -0.39 is 5.25 Å². The molecular formula is C24H19ClFN3O2S. The van der Waals surface area contributed by atoms with E-state index in [9.17, 15) is 14.0 Å². The number of nitrogens with one attached hydrogen (secondary N) is 1. The molecule has 1 saturated heterocycles. The summed E-state index contributed by atoms with van der Waals surface area (Å²) in [6.07, 6.45) is -0.0340. The third kappa shape index (κ3) is 5.36. The number of amides is 2. The van der Waals surface area contributed by atoms with Gasteiger partial charge in [0.05, 0.1) is 12.2 Å². The van der Waals surface area contributed by atoms with Crippen molar-refractivity contribution in [3.63, 3.8) is 0 Å². The summed E-state index contributed by atoms with van der Waals surface area (Å²) in [5, 5.41) is 3.15. The molecule has 32 heavy (non-hydrogen) atoms. The molecule has 0 aromatic heterocycles. The molecule has 2 amide bonds. The third-order valence-corrected chi connectivity index (χ3v) is 6.33. The highest BCUT2D eigenvalue weighted by Crippen LogP contribution is 2.34. The molecular weight excluding hydrogens is 449 g/mol. The topological polar surface area (TPSA) is 61.8 Å². The monoisotopic (exact) mass is 467 g/mol. The summed E-state index contributed by atoms with van der Waals surface area (Å²) >= 11 is 7.56. The molecule has 0 unspecified atom stereocenters. The summed E-state index contributed by atoms with van der Waals surface area (Å²) in [6.45, 7) is 0.257. The van der Waals surface area contributed by atoms with Crippen molar-refractivity contribution in [2.75, 3.05) is 5.32 Å². The molecule has 0 aliphatic carbocycles. The Hall–Kier alpha value is -3.16. The lowest BCUT2D eigenvalue weighted by Crippen LogP contribution is -2.33. The predicted molar refractivity (Wildman–Crippen MR) is 127 cm³/mol. The van der Waals surface area contributed by atoms with Gasteiger partial charge in [-0.15, -0.1) is 0 Å². The second-order valence-electron chi connectivity index (χ2n) is 7.11. The van der Waals surface area contributed by atoms with Gasteiger partial charge < -0.3 is 5.32 Å². The molecule has 8 heteroatoms. The van der Waals surface area contributed by atoms with Gasteiger partial charge in [-0.1, -0.05) is 59.8 Å². The van der Waals surface area contributed by atoms with E-state index in [1.165, 1.54) is 36.0 Å². The highest BCUT2D eigenvalue weighted by molar-refractivity contribution is 8.15. The molecule has 4 rings (SSSR count). The number of benzene rings is 3. The SMILES string of the molecule is O=C(C[C@H]1SC(=Nc2ccccc2)N(Cc2ccccc2Cl)C1=O)Nc1ccc(F)cc1. The van der Waals surface area contributed by atoms with Crippen LogP contribution in [0, 0.1) is 5.82 Å². The maximum atomic E-state index is 13.2. The van der Waals surface area contributed by atoms with Crippen molar-refractivity contribution in [2.45, 2.75) is 18.2 Å². The Morgan fingerprint density at radius 2 is 1.72 bits per heavy atom. The van der Waals surface area contributed by atoms with Crippen molar-refractivity contribution < 1.29 is 14.0 Å². The highest BCUT2D eigenvalue weighted by Gasteiger charge is 2.39. The molecule has 3 aromatic carbocycles. The summed E-state index contributed by atoms with van der Waals surface area (Å²) in [7, 11) is 0. The number of amidine groups is 1. The molecule has 0 bridgehead atoms. The summed E-state index contributed by atoms with van der Waals surface area (Å²) in [6, 6.07) is 22.1. The largest absolute Gasteiger partial charge is 0.326 e. The Bertz CT molecular complexity index is 1160. The van der Waals surface area contributed by atoms with Gasteiger partial charge in [0, 0.05) is 17.1 Å². The van der Waals surface area contributed by atoms with E-state index in [0.717, 1.165) is 5.56 Å². The van der Waals surface area contributed by atoms with E-state index in [1.54, 1.807) is 11.0 Å². The van der Waals surface area contributed by atoms with Gasteiger partial charge >= 0.3 is 0 Å². The molecule has 1 fully saturated rings. The normalized spacial score (nSPS) is 17.1. The Morgan fingerprint density at radius 3 is 2.44 bits per heavy atom. The minimum Gasteiger partial charge on any atom is -0.326 e. The molecule has 1 heterocycles. The highest BCUT2D eigenvalue weighted by atomic mass is 35.5. The fourth-order valence-electron chi connectivity index (χ4n) is 3.19. The Kier molecular flexibility index (Phi) is 6.87. The lowest BCUT2D eigenvalue weighted by molar-refractivity contribution is -0.128. The molecule has 5 nitrogen and oxygen atoms in total. The molecule has 3 aromatic rings. The summed E-state index contributed by atoms with van der Waals surface area (Å²) in [5.41, 5.74) is 1.97. The second kappa shape index (κ2) is 9.97. The van der Waals surface area contributed by atoms with Gasteiger partial charge in [-0.05, 0) is 48.0 Å². The summed E-state index contributed by atoms with van der Waals surface area (Å²) in [5.74, 6) is -0.929. The van der Waals surface area contributed by atoms with Crippen LogP contribution in [0.15, 0.2) is 83.9 Å². The van der Waals surface area contributed by atoms with E-state index in [-0.39, 0.29) is 30.6 Å². The quantitative estimate of drug-likeness (QED) is 0.510. The van der Waals surface area contributed by atoms with E-state index >= 15 is 0 Å². The minimum atomic E-state index is -0.625. The number of carbonyl (C=O) groups is 2. The van der Waals surface area contributed by atoms with Crippen LogP contribution in [0.4, 0.5) is 15.8 Å². The number of hydrogen-bond donors (Lipinski definition) is 1. The molecule has 1 aliphatic rings. The van der Waals surface area contributed by atoms with Crippen LogP contribution in [-0.2, 0) is 16.1 Å². The summed E-state index contributed by atoms with van der Waals surface area (Å²) in [4.78, 5) is 31.9. The van der Waals surface area contributed by atoms with Gasteiger partial charge in [0.2, 0.25) is 11.8 Å².